The quantitative estimate of drug-likeness (QED) is 0.667. The van der Waals surface area contributed by atoms with Crippen LogP contribution in [0.2, 0.25) is 0 Å². The van der Waals surface area contributed by atoms with Gasteiger partial charge in [0.05, 0.1) is 6.61 Å². The summed E-state index contributed by atoms with van der Waals surface area (Å²) in [4.78, 5) is 24.2. The van der Waals surface area contributed by atoms with Crippen molar-refractivity contribution in [2.75, 3.05) is 18.5 Å². The summed E-state index contributed by atoms with van der Waals surface area (Å²) >= 11 is 0. The van der Waals surface area contributed by atoms with Crippen LogP contribution in [0, 0.1) is 5.92 Å². The van der Waals surface area contributed by atoms with E-state index in [4.69, 9.17) is 4.74 Å². The molecule has 0 bridgehead atoms. The molecule has 1 aliphatic rings. The number of hydrogen-bond acceptors (Lipinski definition) is 3. The lowest BCUT2D eigenvalue weighted by Gasteiger charge is -2.24. The molecule has 2 N–H and O–H groups in total. The van der Waals surface area contributed by atoms with Gasteiger partial charge in [-0.3, -0.25) is 9.59 Å². The summed E-state index contributed by atoms with van der Waals surface area (Å²) in [7, 11) is 0. The van der Waals surface area contributed by atoms with E-state index >= 15 is 0 Å². The SMILES string of the molecule is O=C(CCC1Cc2ccccc2NC1=O)NCCCCOc1ccccc1. The van der Waals surface area contributed by atoms with Gasteiger partial charge in [-0.2, -0.15) is 0 Å². The van der Waals surface area contributed by atoms with Crippen molar-refractivity contribution in [1.82, 2.24) is 5.32 Å². The zero-order chi connectivity index (χ0) is 18.9. The van der Waals surface area contributed by atoms with Crippen LogP contribution in [0.4, 0.5) is 5.69 Å². The number of rotatable bonds is 9. The van der Waals surface area contributed by atoms with Gasteiger partial charge in [0.15, 0.2) is 0 Å². The van der Waals surface area contributed by atoms with E-state index in [0.29, 0.717) is 32.4 Å². The van der Waals surface area contributed by atoms with Crippen LogP contribution in [-0.2, 0) is 16.0 Å². The Morgan fingerprint density at radius 1 is 1.07 bits per heavy atom. The van der Waals surface area contributed by atoms with Crippen LogP contribution < -0.4 is 15.4 Å². The maximum atomic E-state index is 12.2. The average Bonchev–Trinajstić information content (AvgIpc) is 2.69. The standard InChI is InChI=1S/C22H26N2O3/c25-21(23-14-6-7-15-27-19-9-2-1-3-10-19)13-12-18-16-17-8-4-5-11-20(17)24-22(18)26/h1-5,8-11,18H,6-7,12-16H2,(H,23,25)(H,24,26). The van der Waals surface area contributed by atoms with Crippen molar-refractivity contribution in [2.45, 2.75) is 32.1 Å². The highest BCUT2D eigenvalue weighted by Gasteiger charge is 2.26. The predicted molar refractivity (Wildman–Crippen MR) is 106 cm³/mol. The summed E-state index contributed by atoms with van der Waals surface area (Å²) in [6.45, 7) is 1.28. The highest BCUT2D eigenvalue weighted by molar-refractivity contribution is 5.96. The van der Waals surface area contributed by atoms with E-state index in [0.717, 1.165) is 29.8 Å². The lowest BCUT2D eigenvalue weighted by atomic mass is 9.89. The second kappa shape index (κ2) is 9.76. The third kappa shape index (κ3) is 5.84. The lowest BCUT2D eigenvalue weighted by Crippen LogP contribution is -2.32. The fraction of sp³-hybridized carbons (Fsp3) is 0.364. The molecule has 0 saturated heterocycles. The monoisotopic (exact) mass is 366 g/mol. The van der Waals surface area contributed by atoms with Gasteiger partial charge in [-0.25, -0.2) is 0 Å². The maximum Gasteiger partial charge on any atom is 0.227 e. The molecule has 0 spiro atoms. The molecule has 3 rings (SSSR count). The molecule has 0 fully saturated rings. The number of amides is 2. The highest BCUT2D eigenvalue weighted by atomic mass is 16.5. The molecule has 1 unspecified atom stereocenters. The second-order valence-corrected chi connectivity index (χ2v) is 6.80. The van der Waals surface area contributed by atoms with Gasteiger partial charge in [0.25, 0.3) is 0 Å². The third-order valence-corrected chi connectivity index (χ3v) is 4.74. The maximum absolute atomic E-state index is 12.2. The molecule has 27 heavy (non-hydrogen) atoms. The number of unbranched alkanes of at least 4 members (excludes halogenated alkanes) is 1. The minimum absolute atomic E-state index is 0.00522. The van der Waals surface area contributed by atoms with E-state index in [9.17, 15) is 9.59 Å². The molecule has 142 valence electrons. The molecular weight excluding hydrogens is 340 g/mol. The van der Waals surface area contributed by atoms with E-state index in [-0.39, 0.29) is 17.7 Å². The Bertz CT molecular complexity index is 761. The van der Waals surface area contributed by atoms with Crippen molar-refractivity contribution >= 4 is 17.5 Å². The van der Waals surface area contributed by atoms with Gasteiger partial charge < -0.3 is 15.4 Å². The van der Waals surface area contributed by atoms with Crippen LogP contribution in [0.3, 0.4) is 0 Å². The Kier molecular flexibility index (Phi) is 6.85. The number of hydrogen-bond donors (Lipinski definition) is 2. The van der Waals surface area contributed by atoms with Crippen LogP contribution in [0.1, 0.15) is 31.2 Å². The molecule has 1 atom stereocenters. The molecule has 2 aromatic rings. The Morgan fingerprint density at radius 2 is 1.85 bits per heavy atom. The number of nitrogens with one attached hydrogen (secondary N) is 2. The molecule has 0 aromatic heterocycles. The first kappa shape index (κ1) is 19.0. The van der Waals surface area contributed by atoms with Crippen molar-refractivity contribution in [3.05, 3.63) is 60.2 Å². The smallest absolute Gasteiger partial charge is 0.227 e. The first-order valence-electron chi connectivity index (χ1n) is 9.55. The van der Waals surface area contributed by atoms with Crippen molar-refractivity contribution in [1.29, 1.82) is 0 Å². The van der Waals surface area contributed by atoms with E-state index < -0.39 is 0 Å². The summed E-state index contributed by atoms with van der Waals surface area (Å²) in [5.41, 5.74) is 2.03. The molecule has 5 heteroatoms. The Labute approximate surface area is 160 Å². The molecule has 5 nitrogen and oxygen atoms in total. The minimum Gasteiger partial charge on any atom is -0.494 e. The van der Waals surface area contributed by atoms with Gasteiger partial charge in [0, 0.05) is 24.6 Å². The Balaban J connectivity index is 1.28. The van der Waals surface area contributed by atoms with Gasteiger partial charge in [-0.15, -0.1) is 0 Å². The first-order chi connectivity index (χ1) is 13.2. The molecule has 1 heterocycles. The topological polar surface area (TPSA) is 67.4 Å². The van der Waals surface area contributed by atoms with Crippen molar-refractivity contribution < 1.29 is 14.3 Å². The van der Waals surface area contributed by atoms with Gasteiger partial charge in [-0.1, -0.05) is 36.4 Å². The average molecular weight is 366 g/mol. The van der Waals surface area contributed by atoms with Gasteiger partial charge in [0.2, 0.25) is 11.8 Å². The van der Waals surface area contributed by atoms with E-state index in [1.165, 1.54) is 0 Å². The second-order valence-electron chi connectivity index (χ2n) is 6.80. The largest absolute Gasteiger partial charge is 0.494 e. The van der Waals surface area contributed by atoms with Crippen LogP contribution in [0.5, 0.6) is 5.75 Å². The number of para-hydroxylation sites is 2. The first-order valence-corrected chi connectivity index (χ1v) is 9.55. The summed E-state index contributed by atoms with van der Waals surface area (Å²) < 4.78 is 5.62. The molecular formula is C22H26N2O3. The number of ether oxygens (including phenoxy) is 1. The number of carbonyl (C=O) groups is 2. The fourth-order valence-electron chi connectivity index (χ4n) is 3.20. The van der Waals surface area contributed by atoms with Crippen LogP contribution in [0.15, 0.2) is 54.6 Å². The normalized spacial score (nSPS) is 15.6. The molecule has 2 amide bonds. The number of fused-ring (bicyclic) bond motifs is 1. The van der Waals surface area contributed by atoms with Crippen LogP contribution in [-0.4, -0.2) is 25.0 Å². The minimum atomic E-state index is -0.134. The number of anilines is 1. The third-order valence-electron chi connectivity index (χ3n) is 4.74. The highest BCUT2D eigenvalue weighted by Crippen LogP contribution is 2.27. The van der Waals surface area contributed by atoms with Crippen molar-refractivity contribution in [2.24, 2.45) is 5.92 Å². The molecule has 1 aliphatic heterocycles. The van der Waals surface area contributed by atoms with Crippen LogP contribution in [0.25, 0.3) is 0 Å². The molecule has 0 radical (unpaired) electrons. The predicted octanol–water partition coefficient (Wildman–Crippen LogP) is 3.55. The van der Waals surface area contributed by atoms with Crippen molar-refractivity contribution in [3.63, 3.8) is 0 Å². The lowest BCUT2D eigenvalue weighted by molar-refractivity contribution is -0.122. The number of benzene rings is 2. The van der Waals surface area contributed by atoms with Gasteiger partial charge in [-0.05, 0) is 49.4 Å². The van der Waals surface area contributed by atoms with E-state index in [2.05, 4.69) is 10.6 Å². The summed E-state index contributed by atoms with van der Waals surface area (Å²) in [5, 5.41) is 5.86. The molecule has 2 aromatic carbocycles. The summed E-state index contributed by atoms with van der Waals surface area (Å²) in [6, 6.07) is 17.5. The van der Waals surface area contributed by atoms with Gasteiger partial charge in [0.1, 0.15) is 5.75 Å². The van der Waals surface area contributed by atoms with E-state index in [1.54, 1.807) is 0 Å². The van der Waals surface area contributed by atoms with Crippen LogP contribution >= 0.6 is 0 Å². The summed E-state index contributed by atoms with van der Waals surface area (Å²) in [6.07, 6.45) is 3.41. The Morgan fingerprint density at radius 3 is 2.70 bits per heavy atom. The molecule has 0 aliphatic carbocycles. The van der Waals surface area contributed by atoms with Gasteiger partial charge >= 0.3 is 0 Å². The summed E-state index contributed by atoms with van der Waals surface area (Å²) in [5.74, 6) is 0.754. The zero-order valence-electron chi connectivity index (χ0n) is 15.4. The van der Waals surface area contributed by atoms with E-state index in [1.807, 2.05) is 54.6 Å². The Hall–Kier alpha value is -2.82. The fourth-order valence-corrected chi connectivity index (χ4v) is 3.20. The van der Waals surface area contributed by atoms with Crippen molar-refractivity contribution in [3.8, 4) is 5.75 Å². The zero-order valence-corrected chi connectivity index (χ0v) is 15.4. The molecule has 0 saturated carbocycles. The number of carbonyl (C=O) groups excluding carboxylic acids is 2.